The van der Waals surface area contributed by atoms with Crippen LogP contribution in [0.3, 0.4) is 0 Å². The van der Waals surface area contributed by atoms with Crippen LogP contribution < -0.4 is 0 Å². The summed E-state index contributed by atoms with van der Waals surface area (Å²) in [6.07, 6.45) is 16.7. The largest absolute Gasteiger partial charge is 0.393 e. The van der Waals surface area contributed by atoms with Gasteiger partial charge in [0.2, 0.25) is 0 Å². The van der Waals surface area contributed by atoms with E-state index >= 15 is 0 Å². The van der Waals surface area contributed by atoms with Gasteiger partial charge in [-0.3, -0.25) is 9.97 Å². The Labute approximate surface area is 376 Å². The van der Waals surface area contributed by atoms with Crippen molar-refractivity contribution in [1.29, 1.82) is 0 Å². The van der Waals surface area contributed by atoms with Crippen molar-refractivity contribution in [3.8, 4) is 0 Å². The number of hydrogen-bond donors (Lipinski definition) is 3. The lowest BCUT2D eigenvalue weighted by atomic mass is 9.44. The van der Waals surface area contributed by atoms with Crippen LogP contribution in [0.2, 0.25) is 0 Å². The Morgan fingerprint density at radius 1 is 0.651 bits per heavy atom. The minimum absolute atomic E-state index is 0.0537. The first-order chi connectivity index (χ1) is 29.6. The maximum absolute atomic E-state index is 12.5. The predicted molar refractivity (Wildman–Crippen MR) is 237 cm³/mol. The highest BCUT2D eigenvalue weighted by atomic mass is 16.7. The molecule has 8 aliphatic carbocycles. The van der Waals surface area contributed by atoms with Gasteiger partial charge in [-0.2, -0.15) is 0 Å². The molecule has 1 aromatic heterocycles. The lowest BCUT2D eigenvalue weighted by molar-refractivity contribution is -0.287. The topological polar surface area (TPSA) is 123 Å². The predicted octanol–water partition coefficient (Wildman–Crippen LogP) is 8.32. The number of rotatable bonds is 0. The van der Waals surface area contributed by atoms with Crippen molar-refractivity contribution >= 4 is 0 Å². The third-order valence-corrected chi connectivity index (χ3v) is 23.4. The molecule has 12 aliphatic rings. The van der Waals surface area contributed by atoms with E-state index in [4.69, 9.17) is 28.9 Å². The first kappa shape index (κ1) is 41.7. The molecular formula is C54H78N2O7. The fraction of sp³-hybridized carbons (Fsp3) is 0.889. The highest BCUT2D eigenvalue weighted by Gasteiger charge is 2.73. The second kappa shape index (κ2) is 12.8. The highest BCUT2D eigenvalue weighted by molar-refractivity contribution is 5.38. The molecule has 5 heterocycles. The second-order valence-corrected chi connectivity index (χ2v) is 26.6. The van der Waals surface area contributed by atoms with Crippen molar-refractivity contribution in [2.24, 2.45) is 86.8 Å². The van der Waals surface area contributed by atoms with Crippen molar-refractivity contribution in [3.05, 3.63) is 34.4 Å². The fourth-order valence-corrected chi connectivity index (χ4v) is 19.9. The van der Waals surface area contributed by atoms with E-state index in [-0.39, 0.29) is 63.3 Å². The van der Waals surface area contributed by atoms with Gasteiger partial charge in [0.25, 0.3) is 0 Å². The van der Waals surface area contributed by atoms with Gasteiger partial charge in [-0.05, 0) is 156 Å². The molecule has 0 radical (unpaired) electrons. The van der Waals surface area contributed by atoms with Gasteiger partial charge in [-0.25, -0.2) is 0 Å². The molecular weight excluding hydrogens is 789 g/mol. The molecule has 4 aliphatic heterocycles. The summed E-state index contributed by atoms with van der Waals surface area (Å²) in [6, 6.07) is 0. The lowest BCUT2D eigenvalue weighted by Crippen LogP contribution is -2.60. The van der Waals surface area contributed by atoms with E-state index in [0.717, 1.165) is 64.2 Å². The van der Waals surface area contributed by atoms with Crippen molar-refractivity contribution in [3.63, 3.8) is 0 Å². The van der Waals surface area contributed by atoms with Crippen LogP contribution in [0, 0.1) is 86.8 Å². The Morgan fingerprint density at radius 2 is 1.29 bits per heavy atom. The molecule has 0 amide bonds. The van der Waals surface area contributed by atoms with Crippen LogP contribution in [0.5, 0.6) is 0 Å². The molecule has 9 fully saturated rings. The molecule has 63 heavy (non-hydrogen) atoms. The maximum atomic E-state index is 12.5. The van der Waals surface area contributed by atoms with Crippen LogP contribution in [0.1, 0.15) is 156 Å². The van der Waals surface area contributed by atoms with Gasteiger partial charge in [0.05, 0.1) is 65.0 Å². The Balaban J connectivity index is 0.751. The molecule has 1 aromatic rings. The van der Waals surface area contributed by atoms with Crippen LogP contribution >= 0.6 is 0 Å². The van der Waals surface area contributed by atoms with Crippen LogP contribution in [0.15, 0.2) is 11.6 Å². The minimum atomic E-state index is -0.814. The summed E-state index contributed by atoms with van der Waals surface area (Å²) in [6.45, 7) is 21.1. The van der Waals surface area contributed by atoms with E-state index < -0.39 is 23.3 Å². The molecule has 3 N–H and O–H groups in total. The van der Waals surface area contributed by atoms with Gasteiger partial charge < -0.3 is 34.3 Å². The van der Waals surface area contributed by atoms with Gasteiger partial charge >= 0.3 is 0 Å². The summed E-state index contributed by atoms with van der Waals surface area (Å²) < 4.78 is 27.1. The Morgan fingerprint density at radius 3 is 1.94 bits per heavy atom. The number of hydrogen-bond acceptors (Lipinski definition) is 9. The Hall–Kier alpha value is -1.46. The molecule has 9 heteroatoms. The van der Waals surface area contributed by atoms with Crippen LogP contribution in [-0.4, -0.2) is 79.1 Å². The fourth-order valence-electron chi connectivity index (χ4n) is 19.9. The van der Waals surface area contributed by atoms with E-state index in [1.165, 1.54) is 47.6 Å². The number of fused-ring (bicyclic) bond motifs is 16. The Bertz CT molecular complexity index is 2150. The first-order valence-corrected chi connectivity index (χ1v) is 26.0. The smallest absolute Gasteiger partial charge is 0.172 e. The average Bonchev–Trinajstić information content (AvgIpc) is 3.96. The number of aliphatic hydroxyl groups excluding tert-OH is 2. The summed E-state index contributed by atoms with van der Waals surface area (Å²) >= 11 is 0. The minimum Gasteiger partial charge on any atom is -0.393 e. The molecule has 4 saturated heterocycles. The molecule has 22 atom stereocenters. The van der Waals surface area contributed by atoms with Gasteiger partial charge in [0.1, 0.15) is 0 Å². The Kier molecular flexibility index (Phi) is 8.47. The molecule has 9 nitrogen and oxygen atoms in total. The first-order valence-electron chi connectivity index (χ1n) is 26.0. The zero-order valence-electron chi connectivity index (χ0n) is 39.9. The molecule has 0 bridgehead atoms. The molecule has 346 valence electrons. The van der Waals surface area contributed by atoms with Gasteiger partial charge in [-0.15, -0.1) is 0 Å². The van der Waals surface area contributed by atoms with E-state index in [2.05, 4.69) is 61.5 Å². The number of nitrogens with zero attached hydrogens (tertiary/aromatic N) is 2. The van der Waals surface area contributed by atoms with Crippen molar-refractivity contribution in [2.45, 2.75) is 206 Å². The van der Waals surface area contributed by atoms with E-state index in [1.54, 1.807) is 0 Å². The van der Waals surface area contributed by atoms with Gasteiger partial charge in [0.15, 0.2) is 11.6 Å². The number of aliphatic hydroxyl groups is 3. The second-order valence-electron chi connectivity index (χ2n) is 26.6. The van der Waals surface area contributed by atoms with E-state index in [0.29, 0.717) is 66.8 Å². The summed E-state index contributed by atoms with van der Waals surface area (Å²) in [7, 11) is 0. The quantitative estimate of drug-likeness (QED) is 0.221. The normalized spacial score (nSPS) is 59.0. The van der Waals surface area contributed by atoms with Gasteiger partial charge in [0, 0.05) is 47.3 Å². The SMILES string of the molecule is C[C@H]1[C@H]2[C@@H](C=C3[C@@H]4CC[C@H]5Cc6nc7c(nc6C[C@]5(C)[C@H]4C[C@@H](O)[C@@]32C)C[C@@H]2CC[C@H]3[C@H]4C[C@@H]5O[C@@]6(CCC(C)(C)O6)[C@@H](C)[C@@H]5[C@@]4(C)[C@@H](O)C[C@@H]3[C@@]2(C)C7)O[C@]12CC[C@](C)(O)CO2. The van der Waals surface area contributed by atoms with Crippen LogP contribution in [-0.2, 0) is 44.6 Å². The standard InChI is InChI=1S/C54H78N2O7/c1-27-45-41(61-53(27)17-15-48(5,59)26-60-53)20-35-31-12-10-29-18-37-39(24-49(29,6)33(31)22-43(57)51(35,45)8)55-38-19-30-11-13-32-34(50(30,7)25-40(38)56-37)23-44(58)52(9)36(32)21-42-46(52)28(2)54(62-42)16-14-47(3,4)63-54/h20,27-34,36,41-46,57-59H,10-19,21-26H2,1-9H3/t27-,28-,29-,30-,31+,32+,33-,34-,36+,41+,42-,43+,44-,45-,46-,48-,49-,50-,51+,52+,53+,54+/m0/s1. The monoisotopic (exact) mass is 867 g/mol. The van der Waals surface area contributed by atoms with Crippen LogP contribution in [0.4, 0.5) is 0 Å². The number of aromatic nitrogens is 2. The van der Waals surface area contributed by atoms with E-state index in [9.17, 15) is 15.3 Å². The third kappa shape index (κ3) is 5.21. The summed E-state index contributed by atoms with van der Waals surface area (Å²) in [5.41, 5.74) is 5.15. The lowest BCUT2D eigenvalue weighted by Gasteiger charge is -2.62. The van der Waals surface area contributed by atoms with Crippen LogP contribution in [0.25, 0.3) is 0 Å². The molecule has 13 rings (SSSR count). The van der Waals surface area contributed by atoms with Crippen molar-refractivity contribution in [1.82, 2.24) is 9.97 Å². The number of ether oxygens (including phenoxy) is 4. The molecule has 0 unspecified atom stereocenters. The average molecular weight is 867 g/mol. The molecule has 0 aromatic carbocycles. The van der Waals surface area contributed by atoms with Gasteiger partial charge in [-0.1, -0.05) is 53.2 Å². The highest BCUT2D eigenvalue weighted by Crippen LogP contribution is 2.73. The zero-order chi connectivity index (χ0) is 43.8. The zero-order valence-corrected chi connectivity index (χ0v) is 39.9. The van der Waals surface area contributed by atoms with E-state index in [1.807, 2.05) is 6.92 Å². The summed E-state index contributed by atoms with van der Waals surface area (Å²) in [5, 5.41) is 35.6. The third-order valence-electron chi connectivity index (χ3n) is 23.4. The van der Waals surface area contributed by atoms with Crippen molar-refractivity contribution in [2.75, 3.05) is 6.61 Å². The maximum Gasteiger partial charge on any atom is 0.172 e. The molecule has 5 saturated carbocycles. The van der Waals surface area contributed by atoms with Crippen molar-refractivity contribution < 1.29 is 34.3 Å². The summed E-state index contributed by atoms with van der Waals surface area (Å²) in [5.74, 6) is 3.25. The summed E-state index contributed by atoms with van der Waals surface area (Å²) in [4.78, 5) is 11.3. The molecule has 2 spiro atoms.